The molecule has 0 saturated carbocycles. The maximum absolute atomic E-state index is 11.6. The van der Waals surface area contributed by atoms with Gasteiger partial charge in [-0.1, -0.05) is 13.8 Å². The molecule has 0 aliphatic rings. The molecule has 150 valence electrons. The van der Waals surface area contributed by atoms with Crippen LogP contribution in [0.1, 0.15) is 58.2 Å². The van der Waals surface area contributed by atoms with E-state index in [-0.39, 0.29) is 24.0 Å². The third-order valence-electron chi connectivity index (χ3n) is 2.89. The van der Waals surface area contributed by atoms with Crippen molar-refractivity contribution in [2.75, 3.05) is 19.6 Å². The number of guanidine groups is 1. The van der Waals surface area contributed by atoms with E-state index in [0.717, 1.165) is 17.2 Å². The number of ether oxygens (including phenoxy) is 1. The van der Waals surface area contributed by atoms with Crippen LogP contribution in [0.2, 0.25) is 0 Å². The van der Waals surface area contributed by atoms with Gasteiger partial charge in [-0.3, -0.25) is 0 Å². The lowest BCUT2D eigenvalue weighted by molar-refractivity contribution is 0.0529. The quantitative estimate of drug-likeness (QED) is 0.233. The van der Waals surface area contributed by atoms with Crippen LogP contribution in [-0.4, -0.2) is 42.3 Å². The number of nitrogens with one attached hydrogen (secondary N) is 3. The van der Waals surface area contributed by atoms with Crippen LogP contribution in [-0.2, 0) is 11.3 Å². The fraction of sp³-hybridized carbons (Fsp3) is 0.706. The Hall–Kier alpha value is -1.10. The van der Waals surface area contributed by atoms with Gasteiger partial charge in [0.2, 0.25) is 0 Å². The van der Waals surface area contributed by atoms with Crippen molar-refractivity contribution >= 4 is 47.4 Å². The number of nitrogens with zero attached hydrogens (tertiary/aromatic N) is 2. The smallest absolute Gasteiger partial charge is 0.407 e. The Bertz CT molecular complexity index is 570. The van der Waals surface area contributed by atoms with E-state index in [2.05, 4.69) is 39.8 Å². The van der Waals surface area contributed by atoms with E-state index in [1.54, 1.807) is 11.3 Å². The van der Waals surface area contributed by atoms with E-state index in [1.807, 2.05) is 33.1 Å². The first-order chi connectivity index (χ1) is 11.7. The number of carbonyl (C=O) groups is 1. The van der Waals surface area contributed by atoms with Gasteiger partial charge >= 0.3 is 6.09 Å². The van der Waals surface area contributed by atoms with Gasteiger partial charge < -0.3 is 20.7 Å². The van der Waals surface area contributed by atoms with Gasteiger partial charge in [0.15, 0.2) is 5.96 Å². The second-order valence-corrected chi connectivity index (χ2v) is 7.77. The van der Waals surface area contributed by atoms with E-state index >= 15 is 0 Å². The SMILES string of the molecule is CCNC(=NCc1csc(C(C)C)n1)NCCNC(=O)OC(C)(C)C.I. The minimum atomic E-state index is -0.490. The van der Waals surface area contributed by atoms with Crippen LogP contribution < -0.4 is 16.0 Å². The number of rotatable bonds is 7. The van der Waals surface area contributed by atoms with Gasteiger partial charge in [-0.15, -0.1) is 35.3 Å². The number of carbonyl (C=O) groups excluding carboxylic acids is 1. The highest BCUT2D eigenvalue weighted by Gasteiger charge is 2.15. The lowest BCUT2D eigenvalue weighted by Crippen LogP contribution is -2.42. The van der Waals surface area contributed by atoms with Gasteiger partial charge in [0, 0.05) is 30.9 Å². The third kappa shape index (κ3) is 10.8. The molecule has 0 spiro atoms. The topological polar surface area (TPSA) is 87.6 Å². The van der Waals surface area contributed by atoms with Crippen molar-refractivity contribution in [3.8, 4) is 0 Å². The molecule has 0 aromatic carbocycles. The molecule has 1 rings (SSSR count). The highest BCUT2D eigenvalue weighted by atomic mass is 127. The van der Waals surface area contributed by atoms with Crippen LogP contribution in [0.5, 0.6) is 0 Å². The minimum absolute atomic E-state index is 0. The fourth-order valence-electron chi connectivity index (χ4n) is 1.82. The molecular formula is C17H32IN5O2S. The summed E-state index contributed by atoms with van der Waals surface area (Å²) < 4.78 is 5.19. The first kappa shape index (κ1) is 24.9. The van der Waals surface area contributed by atoms with Crippen molar-refractivity contribution in [2.24, 2.45) is 4.99 Å². The highest BCUT2D eigenvalue weighted by molar-refractivity contribution is 14.0. The summed E-state index contributed by atoms with van der Waals surface area (Å²) >= 11 is 1.67. The predicted octanol–water partition coefficient (Wildman–Crippen LogP) is 3.46. The van der Waals surface area contributed by atoms with Crippen molar-refractivity contribution in [3.63, 3.8) is 0 Å². The number of amides is 1. The summed E-state index contributed by atoms with van der Waals surface area (Å²) in [7, 11) is 0. The molecule has 1 amide bonds. The molecule has 0 radical (unpaired) electrons. The highest BCUT2D eigenvalue weighted by Crippen LogP contribution is 2.19. The average molecular weight is 497 g/mol. The summed E-state index contributed by atoms with van der Waals surface area (Å²) in [6.45, 7) is 14.1. The minimum Gasteiger partial charge on any atom is -0.444 e. The Morgan fingerprint density at radius 1 is 1.27 bits per heavy atom. The second kappa shape index (κ2) is 12.3. The van der Waals surface area contributed by atoms with Gasteiger partial charge in [0.25, 0.3) is 0 Å². The number of aliphatic imine (C=N–C) groups is 1. The molecule has 0 fully saturated rings. The van der Waals surface area contributed by atoms with Crippen molar-refractivity contribution in [1.29, 1.82) is 0 Å². The Kier molecular flexibility index (Phi) is 11.8. The van der Waals surface area contributed by atoms with E-state index in [4.69, 9.17) is 4.74 Å². The Labute approximate surface area is 177 Å². The summed E-state index contributed by atoms with van der Waals surface area (Å²) in [6.07, 6.45) is -0.417. The zero-order chi connectivity index (χ0) is 18.9. The van der Waals surface area contributed by atoms with E-state index in [0.29, 0.717) is 31.5 Å². The maximum atomic E-state index is 11.6. The largest absolute Gasteiger partial charge is 0.444 e. The molecule has 0 aliphatic heterocycles. The van der Waals surface area contributed by atoms with Crippen molar-refractivity contribution in [3.05, 3.63) is 16.1 Å². The first-order valence-corrected chi connectivity index (χ1v) is 9.52. The normalized spacial score (nSPS) is 11.7. The molecule has 0 saturated heterocycles. The molecular weight excluding hydrogens is 465 g/mol. The van der Waals surface area contributed by atoms with Crippen LogP contribution in [0.15, 0.2) is 10.4 Å². The Balaban J connectivity index is 0.00000625. The monoisotopic (exact) mass is 497 g/mol. The lowest BCUT2D eigenvalue weighted by Gasteiger charge is -2.19. The molecule has 0 bridgehead atoms. The number of alkyl carbamates (subject to hydrolysis) is 1. The summed E-state index contributed by atoms with van der Waals surface area (Å²) in [5.41, 5.74) is 0.480. The van der Waals surface area contributed by atoms with Crippen LogP contribution in [0.3, 0.4) is 0 Å². The van der Waals surface area contributed by atoms with Gasteiger partial charge in [0.05, 0.1) is 17.2 Å². The summed E-state index contributed by atoms with van der Waals surface area (Å²) in [5, 5.41) is 12.2. The summed E-state index contributed by atoms with van der Waals surface area (Å²) in [4.78, 5) is 20.7. The third-order valence-corrected chi connectivity index (χ3v) is 4.09. The van der Waals surface area contributed by atoms with Crippen LogP contribution in [0.4, 0.5) is 4.79 Å². The number of aromatic nitrogens is 1. The average Bonchev–Trinajstić information content (AvgIpc) is 2.96. The van der Waals surface area contributed by atoms with Gasteiger partial charge in [0.1, 0.15) is 5.60 Å². The van der Waals surface area contributed by atoms with E-state index < -0.39 is 11.7 Å². The number of halogens is 1. The Morgan fingerprint density at radius 3 is 2.46 bits per heavy atom. The molecule has 1 heterocycles. The molecule has 0 unspecified atom stereocenters. The zero-order valence-corrected chi connectivity index (χ0v) is 19.7. The van der Waals surface area contributed by atoms with Crippen molar-refractivity contribution < 1.29 is 9.53 Å². The molecule has 0 atom stereocenters. The zero-order valence-electron chi connectivity index (χ0n) is 16.5. The molecule has 1 aromatic heterocycles. The summed E-state index contributed by atoms with van der Waals surface area (Å²) in [6, 6.07) is 0. The summed E-state index contributed by atoms with van der Waals surface area (Å²) in [5.74, 6) is 1.14. The van der Waals surface area contributed by atoms with Crippen molar-refractivity contribution in [2.45, 2.75) is 59.6 Å². The second-order valence-electron chi connectivity index (χ2n) is 6.88. The molecule has 9 heteroatoms. The van der Waals surface area contributed by atoms with E-state index in [9.17, 15) is 4.79 Å². The number of thiazole rings is 1. The van der Waals surface area contributed by atoms with Gasteiger partial charge in [-0.05, 0) is 27.7 Å². The van der Waals surface area contributed by atoms with Gasteiger partial charge in [-0.25, -0.2) is 14.8 Å². The van der Waals surface area contributed by atoms with Gasteiger partial charge in [-0.2, -0.15) is 0 Å². The predicted molar refractivity (Wildman–Crippen MR) is 119 cm³/mol. The standard InChI is InChI=1S/C17H31N5O2S.HI/c1-7-18-15(19-8-9-20-16(23)24-17(4,5)6)21-10-13-11-25-14(22-13)12(2)3;/h11-12H,7-10H2,1-6H3,(H,20,23)(H2,18,19,21);1H. The van der Waals surface area contributed by atoms with Crippen LogP contribution in [0, 0.1) is 0 Å². The van der Waals surface area contributed by atoms with Crippen LogP contribution >= 0.6 is 35.3 Å². The maximum Gasteiger partial charge on any atom is 0.407 e. The molecule has 26 heavy (non-hydrogen) atoms. The fourth-order valence-corrected chi connectivity index (χ4v) is 2.65. The number of hydrogen-bond acceptors (Lipinski definition) is 5. The van der Waals surface area contributed by atoms with E-state index in [1.165, 1.54) is 0 Å². The molecule has 0 aliphatic carbocycles. The van der Waals surface area contributed by atoms with Crippen LogP contribution in [0.25, 0.3) is 0 Å². The lowest BCUT2D eigenvalue weighted by atomic mass is 10.2. The molecule has 1 aromatic rings. The Morgan fingerprint density at radius 2 is 1.92 bits per heavy atom. The first-order valence-electron chi connectivity index (χ1n) is 8.64. The van der Waals surface area contributed by atoms with Crippen molar-refractivity contribution in [1.82, 2.24) is 20.9 Å². The molecule has 7 nitrogen and oxygen atoms in total. The number of hydrogen-bond donors (Lipinski definition) is 3. The molecule has 3 N–H and O–H groups in total.